The largest absolute Gasteiger partial charge is 0.465 e. The van der Waals surface area contributed by atoms with Crippen LogP contribution in [0.2, 0.25) is 0 Å². The van der Waals surface area contributed by atoms with Crippen LogP contribution in [0.3, 0.4) is 0 Å². The Morgan fingerprint density at radius 3 is 1.88 bits per heavy atom. The van der Waals surface area contributed by atoms with Gasteiger partial charge >= 0.3 is 18.1 Å². The van der Waals surface area contributed by atoms with Crippen LogP contribution < -0.4 is 0 Å². The third-order valence-electron chi connectivity index (χ3n) is 2.95. The van der Waals surface area contributed by atoms with E-state index >= 15 is 0 Å². The van der Waals surface area contributed by atoms with E-state index in [1.165, 1.54) is 13.8 Å². The predicted molar refractivity (Wildman–Crippen MR) is 72.4 cm³/mol. The first-order valence-corrected chi connectivity index (χ1v) is 6.98. The molecule has 10 heteroatoms. The molecule has 0 heterocycles. The number of hydrogen-bond donors (Lipinski definition) is 0. The molecule has 0 saturated carbocycles. The number of rotatable bonds is 6. The maximum absolute atomic E-state index is 14.1. The van der Waals surface area contributed by atoms with E-state index < -0.39 is 52.6 Å². The van der Waals surface area contributed by atoms with Crippen LogP contribution in [0.15, 0.2) is 12.1 Å². The highest BCUT2D eigenvalue weighted by Gasteiger charge is 2.43. The molecule has 25 heavy (non-hydrogen) atoms. The zero-order valence-electron chi connectivity index (χ0n) is 13.1. The van der Waals surface area contributed by atoms with E-state index in [2.05, 4.69) is 9.47 Å². The van der Waals surface area contributed by atoms with E-state index in [0.29, 0.717) is 6.07 Å². The molecule has 0 unspecified atom stereocenters. The maximum Gasteiger partial charge on any atom is 0.422 e. The summed E-state index contributed by atoms with van der Waals surface area (Å²) in [4.78, 5) is 35.8. The molecule has 5 nitrogen and oxygen atoms in total. The molecule has 0 aliphatic heterocycles. The molecule has 0 bridgehead atoms. The Morgan fingerprint density at radius 2 is 1.48 bits per heavy atom. The van der Waals surface area contributed by atoms with E-state index in [0.717, 1.165) is 0 Å². The van der Waals surface area contributed by atoms with Crippen molar-refractivity contribution in [2.24, 2.45) is 5.92 Å². The third kappa shape index (κ3) is 4.52. The smallest absolute Gasteiger partial charge is 0.422 e. The number of Topliss-reactive ketones (excluding diaryl/α,β-unsaturated/α-hetero) is 1. The molecule has 0 atom stereocenters. The van der Waals surface area contributed by atoms with Gasteiger partial charge in [-0.15, -0.1) is 0 Å². The van der Waals surface area contributed by atoms with Crippen molar-refractivity contribution < 1.29 is 45.8 Å². The maximum atomic E-state index is 14.1. The lowest BCUT2D eigenvalue weighted by atomic mass is 9.95. The average Bonchev–Trinajstić information content (AvgIpc) is 2.46. The van der Waals surface area contributed by atoms with E-state index in [1.54, 1.807) is 0 Å². The summed E-state index contributed by atoms with van der Waals surface area (Å²) >= 11 is 0. The molecule has 0 aliphatic rings. The second-order valence-corrected chi connectivity index (χ2v) is 4.58. The fourth-order valence-electron chi connectivity index (χ4n) is 1.92. The summed E-state index contributed by atoms with van der Waals surface area (Å²) in [5, 5.41) is 0. The normalized spacial score (nSPS) is 11.4. The van der Waals surface area contributed by atoms with Gasteiger partial charge in [0.1, 0.15) is 17.2 Å². The van der Waals surface area contributed by atoms with Crippen LogP contribution in [0.5, 0.6) is 0 Å². The van der Waals surface area contributed by atoms with Crippen molar-refractivity contribution in [3.05, 3.63) is 34.9 Å². The minimum Gasteiger partial charge on any atom is -0.465 e. The number of benzene rings is 1. The highest BCUT2D eigenvalue weighted by atomic mass is 19.4. The Kier molecular flexibility index (Phi) is 6.60. The Labute approximate surface area is 138 Å². The van der Waals surface area contributed by atoms with Crippen molar-refractivity contribution in [3.8, 4) is 0 Å². The molecule has 0 aromatic heterocycles. The summed E-state index contributed by atoms with van der Waals surface area (Å²) < 4.78 is 74.6. The molecule has 1 aromatic rings. The van der Waals surface area contributed by atoms with Gasteiger partial charge < -0.3 is 9.47 Å². The van der Waals surface area contributed by atoms with Gasteiger partial charge in [-0.1, -0.05) is 0 Å². The molecule has 0 fully saturated rings. The minimum absolute atomic E-state index is 0.215. The number of ketones is 1. The molecular weight excluding hydrogens is 355 g/mol. The van der Waals surface area contributed by atoms with Crippen molar-refractivity contribution in [2.75, 3.05) is 13.2 Å². The lowest BCUT2D eigenvalue weighted by molar-refractivity contribution is -0.158. The van der Waals surface area contributed by atoms with Crippen LogP contribution in [0.25, 0.3) is 0 Å². The molecular formula is C15H13F5O5. The quantitative estimate of drug-likeness (QED) is 0.334. The van der Waals surface area contributed by atoms with Gasteiger partial charge in [0.15, 0.2) is 5.78 Å². The summed E-state index contributed by atoms with van der Waals surface area (Å²) in [5.41, 5.74) is -3.58. The average molecular weight is 368 g/mol. The van der Waals surface area contributed by atoms with Crippen LogP contribution >= 0.6 is 0 Å². The molecule has 1 aromatic carbocycles. The van der Waals surface area contributed by atoms with Gasteiger partial charge in [-0.2, -0.15) is 13.2 Å². The Bertz CT molecular complexity index is 666. The first-order valence-electron chi connectivity index (χ1n) is 6.98. The van der Waals surface area contributed by atoms with Crippen LogP contribution in [0, 0.1) is 17.6 Å². The van der Waals surface area contributed by atoms with E-state index in [-0.39, 0.29) is 19.3 Å². The monoisotopic (exact) mass is 368 g/mol. The van der Waals surface area contributed by atoms with E-state index in [9.17, 15) is 36.3 Å². The summed E-state index contributed by atoms with van der Waals surface area (Å²) in [6, 6.07) is 0.625. The fraction of sp³-hybridized carbons (Fsp3) is 0.400. The van der Waals surface area contributed by atoms with Gasteiger partial charge in [0.2, 0.25) is 5.92 Å². The number of ether oxygens (including phenoxy) is 2. The van der Waals surface area contributed by atoms with Crippen molar-refractivity contribution in [2.45, 2.75) is 20.0 Å². The highest BCUT2D eigenvalue weighted by molar-refractivity contribution is 6.20. The van der Waals surface area contributed by atoms with Crippen LogP contribution in [0.1, 0.15) is 29.8 Å². The Morgan fingerprint density at radius 1 is 1.00 bits per heavy atom. The van der Waals surface area contributed by atoms with Crippen molar-refractivity contribution >= 4 is 17.7 Å². The SMILES string of the molecule is CCOC(=O)C(C(=O)OCC)C(=O)c1ccc(F)c(C(F)(F)F)c1F. The summed E-state index contributed by atoms with van der Waals surface area (Å²) in [7, 11) is 0. The van der Waals surface area contributed by atoms with Crippen molar-refractivity contribution in [3.63, 3.8) is 0 Å². The lowest BCUT2D eigenvalue weighted by Crippen LogP contribution is -2.35. The van der Waals surface area contributed by atoms with Crippen LogP contribution in [0.4, 0.5) is 22.0 Å². The van der Waals surface area contributed by atoms with Crippen LogP contribution in [-0.4, -0.2) is 30.9 Å². The van der Waals surface area contributed by atoms with Crippen molar-refractivity contribution in [1.29, 1.82) is 0 Å². The molecule has 1 rings (SSSR count). The van der Waals surface area contributed by atoms with Gasteiger partial charge in [0, 0.05) is 0 Å². The zero-order chi connectivity index (χ0) is 19.4. The third-order valence-corrected chi connectivity index (χ3v) is 2.95. The lowest BCUT2D eigenvalue weighted by Gasteiger charge is -2.16. The fourth-order valence-corrected chi connectivity index (χ4v) is 1.92. The van der Waals surface area contributed by atoms with Gasteiger partial charge in [0.05, 0.1) is 18.8 Å². The predicted octanol–water partition coefficient (Wildman–Crippen LogP) is 2.91. The van der Waals surface area contributed by atoms with E-state index in [1.807, 2.05) is 0 Å². The Balaban J connectivity index is 3.43. The van der Waals surface area contributed by atoms with Crippen molar-refractivity contribution in [1.82, 2.24) is 0 Å². The molecule has 0 N–H and O–H groups in total. The first-order chi connectivity index (χ1) is 11.6. The number of carbonyl (C=O) groups is 3. The minimum atomic E-state index is -5.42. The number of alkyl halides is 3. The zero-order valence-corrected chi connectivity index (χ0v) is 13.1. The second kappa shape index (κ2) is 8.04. The van der Waals surface area contributed by atoms with Gasteiger partial charge in [-0.3, -0.25) is 14.4 Å². The standard InChI is InChI=1S/C15H13F5O5/c1-3-24-13(22)9(14(23)25-4-2)12(21)7-5-6-8(16)10(11(7)17)15(18,19)20/h5-6,9H,3-4H2,1-2H3. The molecule has 0 spiro atoms. The molecule has 0 saturated heterocycles. The molecule has 0 aliphatic carbocycles. The highest BCUT2D eigenvalue weighted by Crippen LogP contribution is 2.35. The van der Waals surface area contributed by atoms with E-state index in [4.69, 9.17) is 0 Å². The second-order valence-electron chi connectivity index (χ2n) is 4.58. The Hall–Kier alpha value is -2.52. The number of halogens is 5. The first kappa shape index (κ1) is 20.5. The summed E-state index contributed by atoms with van der Waals surface area (Å²) in [5.74, 6) is -10.9. The van der Waals surface area contributed by atoms with Crippen LogP contribution in [-0.2, 0) is 25.2 Å². The van der Waals surface area contributed by atoms with Gasteiger partial charge in [-0.05, 0) is 26.0 Å². The number of carbonyl (C=O) groups excluding carboxylic acids is 3. The topological polar surface area (TPSA) is 69.7 Å². The summed E-state index contributed by atoms with van der Waals surface area (Å²) in [6.07, 6.45) is -5.42. The molecule has 0 radical (unpaired) electrons. The number of esters is 2. The molecule has 138 valence electrons. The number of hydrogen-bond acceptors (Lipinski definition) is 5. The van der Waals surface area contributed by atoms with Gasteiger partial charge in [-0.25, -0.2) is 8.78 Å². The summed E-state index contributed by atoms with van der Waals surface area (Å²) in [6.45, 7) is 2.21. The van der Waals surface area contributed by atoms with Gasteiger partial charge in [0.25, 0.3) is 0 Å². The molecule has 0 amide bonds.